The van der Waals surface area contributed by atoms with E-state index in [1.807, 2.05) is 24.3 Å². The minimum atomic E-state index is -0.226. The third-order valence-corrected chi connectivity index (χ3v) is 5.24. The van der Waals surface area contributed by atoms with Gasteiger partial charge in [0.25, 0.3) is 0 Å². The Balaban J connectivity index is 2.68. The number of alkyl halides is 2. The molecule has 106 valence electrons. The van der Waals surface area contributed by atoms with Crippen LogP contribution < -0.4 is 10.1 Å². The summed E-state index contributed by atoms with van der Waals surface area (Å²) in [5.74, 6) is 0.794. The van der Waals surface area contributed by atoms with Crippen LogP contribution in [0.1, 0.15) is 18.9 Å². The lowest BCUT2D eigenvalue weighted by molar-refractivity contribution is -0.121. The molecule has 0 aromatic heterocycles. The number of amides is 1. The molecule has 1 N–H and O–H groups in total. The van der Waals surface area contributed by atoms with E-state index in [1.54, 1.807) is 7.11 Å². The first kappa shape index (κ1) is 16.5. The van der Waals surface area contributed by atoms with Crippen molar-refractivity contribution < 1.29 is 9.53 Å². The fraction of sp³-hybridized carbons (Fsp3) is 0.500. The highest BCUT2D eigenvalue weighted by Gasteiger charge is 2.27. The molecule has 19 heavy (non-hydrogen) atoms. The van der Waals surface area contributed by atoms with E-state index in [1.165, 1.54) is 0 Å². The summed E-state index contributed by atoms with van der Waals surface area (Å²) in [5.41, 5.74) is 0.724. The maximum Gasteiger partial charge on any atom is 0.224 e. The van der Waals surface area contributed by atoms with E-state index in [0.29, 0.717) is 6.42 Å². The molecule has 0 atom stereocenters. The second kappa shape index (κ2) is 7.90. The largest absolute Gasteiger partial charge is 0.497 e. The van der Waals surface area contributed by atoms with Crippen molar-refractivity contribution in [3.05, 3.63) is 29.8 Å². The number of hydrogen-bond acceptors (Lipinski definition) is 2. The third kappa shape index (κ3) is 4.80. The number of methoxy groups -OCH3 is 1. The number of halogens is 2. The van der Waals surface area contributed by atoms with E-state index < -0.39 is 0 Å². The monoisotopic (exact) mass is 391 g/mol. The molecular weight excluding hydrogens is 374 g/mol. The summed E-state index contributed by atoms with van der Waals surface area (Å²) in [6, 6.07) is 7.58. The number of hydrogen-bond donors (Lipinski definition) is 1. The molecule has 0 aliphatic carbocycles. The van der Waals surface area contributed by atoms with Crippen LogP contribution in [-0.4, -0.2) is 29.2 Å². The Bertz CT molecular complexity index is 411. The highest BCUT2D eigenvalue weighted by Crippen LogP contribution is 2.18. The molecule has 3 nitrogen and oxygen atoms in total. The van der Waals surface area contributed by atoms with E-state index in [4.69, 9.17) is 4.74 Å². The van der Waals surface area contributed by atoms with Gasteiger partial charge in [-0.1, -0.05) is 50.9 Å². The lowest BCUT2D eigenvalue weighted by Crippen LogP contribution is -2.51. The second-order valence-electron chi connectivity index (χ2n) is 4.48. The smallest absolute Gasteiger partial charge is 0.224 e. The van der Waals surface area contributed by atoms with Crippen LogP contribution >= 0.6 is 31.9 Å². The van der Waals surface area contributed by atoms with E-state index in [0.717, 1.165) is 28.4 Å². The second-order valence-corrected chi connectivity index (χ2v) is 5.60. The van der Waals surface area contributed by atoms with Gasteiger partial charge in [0.1, 0.15) is 5.75 Å². The summed E-state index contributed by atoms with van der Waals surface area (Å²) in [7, 11) is 1.62. The van der Waals surface area contributed by atoms with Crippen LogP contribution in [0.2, 0.25) is 0 Å². The molecule has 0 aliphatic heterocycles. The van der Waals surface area contributed by atoms with Crippen LogP contribution in [0.25, 0.3) is 0 Å². The predicted molar refractivity (Wildman–Crippen MR) is 85.5 cm³/mol. The van der Waals surface area contributed by atoms with Gasteiger partial charge >= 0.3 is 0 Å². The maximum absolute atomic E-state index is 12.1. The minimum absolute atomic E-state index is 0.0222. The summed E-state index contributed by atoms with van der Waals surface area (Å²) in [5, 5.41) is 4.55. The molecule has 0 saturated heterocycles. The van der Waals surface area contributed by atoms with Gasteiger partial charge in [0.15, 0.2) is 0 Å². The fourth-order valence-electron chi connectivity index (χ4n) is 1.69. The first-order chi connectivity index (χ1) is 9.09. The lowest BCUT2D eigenvalue weighted by atomic mass is 10.0. The third-order valence-electron chi connectivity index (χ3n) is 3.09. The highest BCUT2D eigenvalue weighted by atomic mass is 79.9. The molecule has 1 aromatic rings. The van der Waals surface area contributed by atoms with Gasteiger partial charge in [-0.25, -0.2) is 0 Å². The van der Waals surface area contributed by atoms with Gasteiger partial charge in [-0.15, -0.1) is 0 Å². The zero-order chi connectivity index (χ0) is 14.3. The molecule has 0 heterocycles. The zero-order valence-corrected chi connectivity index (χ0v) is 14.4. The van der Waals surface area contributed by atoms with E-state index in [9.17, 15) is 4.79 Å². The number of nitrogens with one attached hydrogen (secondary N) is 1. The van der Waals surface area contributed by atoms with Crippen molar-refractivity contribution in [1.82, 2.24) is 5.32 Å². The minimum Gasteiger partial charge on any atom is -0.497 e. The number of benzene rings is 1. The highest BCUT2D eigenvalue weighted by molar-refractivity contribution is 9.09. The Kier molecular flexibility index (Phi) is 6.86. The Morgan fingerprint density at radius 2 is 2.05 bits per heavy atom. The quantitative estimate of drug-likeness (QED) is 0.723. The van der Waals surface area contributed by atoms with Crippen molar-refractivity contribution in [3.63, 3.8) is 0 Å². The van der Waals surface area contributed by atoms with E-state index >= 15 is 0 Å². The van der Waals surface area contributed by atoms with Gasteiger partial charge in [-0.3, -0.25) is 4.79 Å². The molecule has 0 aliphatic rings. The lowest BCUT2D eigenvalue weighted by Gasteiger charge is -2.30. The summed E-state index contributed by atoms with van der Waals surface area (Å²) in [6.45, 7) is 2.06. The number of carbonyl (C=O) groups is 1. The summed E-state index contributed by atoms with van der Waals surface area (Å²) < 4.78 is 5.15. The summed E-state index contributed by atoms with van der Waals surface area (Å²) in [6.07, 6.45) is 1.23. The van der Waals surface area contributed by atoms with Gasteiger partial charge in [-0.05, 0) is 24.1 Å². The van der Waals surface area contributed by atoms with Crippen molar-refractivity contribution in [1.29, 1.82) is 0 Å². The molecule has 0 bridgehead atoms. The van der Waals surface area contributed by atoms with Crippen LogP contribution in [0.5, 0.6) is 5.75 Å². The maximum atomic E-state index is 12.1. The van der Waals surface area contributed by atoms with Gasteiger partial charge in [0, 0.05) is 10.7 Å². The van der Waals surface area contributed by atoms with Gasteiger partial charge < -0.3 is 10.1 Å². The normalized spacial score (nSPS) is 11.2. The molecule has 5 heteroatoms. The van der Waals surface area contributed by atoms with Crippen molar-refractivity contribution >= 4 is 37.8 Å². The van der Waals surface area contributed by atoms with E-state index in [2.05, 4.69) is 44.1 Å². The topological polar surface area (TPSA) is 38.3 Å². The predicted octanol–water partition coefficient (Wildman–Crippen LogP) is 3.29. The average molecular weight is 393 g/mol. The van der Waals surface area contributed by atoms with Crippen LogP contribution in [0.3, 0.4) is 0 Å². The molecule has 0 saturated carbocycles. The van der Waals surface area contributed by atoms with Crippen molar-refractivity contribution in [2.45, 2.75) is 25.3 Å². The fourth-order valence-corrected chi connectivity index (χ4v) is 3.69. The first-order valence-electron chi connectivity index (χ1n) is 6.15. The molecule has 1 aromatic carbocycles. The molecule has 0 fully saturated rings. The van der Waals surface area contributed by atoms with Crippen LogP contribution in [-0.2, 0) is 11.2 Å². The zero-order valence-electron chi connectivity index (χ0n) is 11.2. The van der Waals surface area contributed by atoms with Crippen LogP contribution in [0, 0.1) is 0 Å². The standard InChI is InChI=1S/C14H19Br2NO2/c1-3-14(9-15,10-16)17-13(18)8-11-5-4-6-12(7-11)19-2/h4-7H,3,8-10H2,1-2H3,(H,17,18). The summed E-state index contributed by atoms with van der Waals surface area (Å²) in [4.78, 5) is 12.1. The Morgan fingerprint density at radius 1 is 1.37 bits per heavy atom. The Morgan fingerprint density at radius 3 is 2.58 bits per heavy atom. The van der Waals surface area contributed by atoms with Crippen molar-refractivity contribution in [2.75, 3.05) is 17.8 Å². The number of rotatable bonds is 7. The molecule has 1 amide bonds. The van der Waals surface area contributed by atoms with E-state index in [-0.39, 0.29) is 11.4 Å². The van der Waals surface area contributed by atoms with Crippen LogP contribution in [0.15, 0.2) is 24.3 Å². The molecule has 0 radical (unpaired) electrons. The Hall–Kier alpha value is -0.550. The van der Waals surface area contributed by atoms with Crippen molar-refractivity contribution in [2.24, 2.45) is 0 Å². The number of ether oxygens (including phenoxy) is 1. The van der Waals surface area contributed by atoms with Crippen LogP contribution in [0.4, 0.5) is 0 Å². The molecule has 0 spiro atoms. The van der Waals surface area contributed by atoms with Gasteiger partial charge in [0.2, 0.25) is 5.91 Å². The first-order valence-corrected chi connectivity index (χ1v) is 8.39. The average Bonchev–Trinajstić information content (AvgIpc) is 2.45. The number of carbonyl (C=O) groups excluding carboxylic acids is 1. The van der Waals surface area contributed by atoms with Crippen molar-refractivity contribution in [3.8, 4) is 5.75 Å². The summed E-state index contributed by atoms with van der Waals surface area (Å²) >= 11 is 6.93. The molecular formula is C14H19Br2NO2. The van der Waals surface area contributed by atoms with Gasteiger partial charge in [0.05, 0.1) is 19.1 Å². The Labute approximate surface area is 131 Å². The molecule has 0 unspecified atom stereocenters. The SMILES string of the molecule is CCC(CBr)(CBr)NC(=O)Cc1cccc(OC)c1. The van der Waals surface area contributed by atoms with Gasteiger partial charge in [-0.2, -0.15) is 0 Å². The molecule has 1 rings (SSSR count).